The van der Waals surface area contributed by atoms with E-state index in [9.17, 15) is 0 Å². The molecule has 0 aliphatic carbocycles. The summed E-state index contributed by atoms with van der Waals surface area (Å²) in [5.74, 6) is 0. The maximum atomic E-state index is 9.02. The quantitative estimate of drug-likeness (QED) is 0.589. The van der Waals surface area contributed by atoms with Crippen LogP contribution in [-0.2, 0) is 12.3 Å². The van der Waals surface area contributed by atoms with Gasteiger partial charge < -0.3 is 17.1 Å². The van der Waals surface area contributed by atoms with Crippen molar-refractivity contribution in [3.8, 4) is 0 Å². The Hall–Kier alpha value is 0.708. The lowest BCUT2D eigenvalue weighted by atomic mass is 11.9. The van der Waals surface area contributed by atoms with Gasteiger partial charge >= 0.3 is 9.28 Å². The third-order valence-corrected chi connectivity index (χ3v) is 10.6. The van der Waals surface area contributed by atoms with Crippen molar-refractivity contribution < 1.29 is 17.1 Å². The fraction of sp³-hybridized carbons (Fsp3) is 1.00. The molecule has 0 heterocycles. The summed E-state index contributed by atoms with van der Waals surface area (Å²) in [5.41, 5.74) is 0. The first kappa shape index (κ1) is 12.7. The van der Waals surface area contributed by atoms with Gasteiger partial charge in [0.05, 0.1) is 0 Å². The van der Waals surface area contributed by atoms with E-state index in [1.807, 2.05) is 13.1 Å². The molecule has 0 aliphatic heterocycles. The van der Waals surface area contributed by atoms with Gasteiger partial charge in [-0.1, -0.05) is 6.55 Å². The smallest absolute Gasteiger partial charge is 0.306 e. The lowest BCUT2D eigenvalue weighted by Crippen LogP contribution is -2.34. The number of hydrogen-bond donors (Lipinski definition) is 1. The highest BCUT2D eigenvalue weighted by Gasteiger charge is 2.14. The second-order valence-corrected chi connectivity index (χ2v) is 10.0. The van der Waals surface area contributed by atoms with Crippen LogP contribution in [0.1, 0.15) is 0 Å². The first-order valence-corrected chi connectivity index (χ1v) is 12.5. The van der Waals surface area contributed by atoms with Crippen molar-refractivity contribution in [2.75, 3.05) is 0 Å². The van der Waals surface area contributed by atoms with E-state index in [1.54, 1.807) is 6.55 Å². The van der Waals surface area contributed by atoms with Crippen LogP contribution in [0, 0.1) is 0 Å². The van der Waals surface area contributed by atoms with E-state index >= 15 is 0 Å². The van der Waals surface area contributed by atoms with Crippen molar-refractivity contribution in [2.45, 2.75) is 26.2 Å². The minimum atomic E-state index is -1.89. The van der Waals surface area contributed by atoms with Gasteiger partial charge in [0.25, 0.3) is 18.6 Å². The van der Waals surface area contributed by atoms with Crippen LogP contribution < -0.4 is 0 Å². The maximum absolute atomic E-state index is 9.02. The molecule has 74 valence electrons. The van der Waals surface area contributed by atoms with Gasteiger partial charge in [0.2, 0.25) is 0 Å². The molecule has 0 amide bonds. The van der Waals surface area contributed by atoms with E-state index in [0.29, 0.717) is 0 Å². The summed E-state index contributed by atoms with van der Waals surface area (Å²) < 4.78 is 16.2. The standard InChI is InChI=1S/C4H18O4Si4/c1-9-6-11(3)8-12(4)7-10(2)5/h5,10-12H,9H2,1-4H3. The Morgan fingerprint density at radius 3 is 2.08 bits per heavy atom. The van der Waals surface area contributed by atoms with Crippen LogP contribution in [0.25, 0.3) is 0 Å². The van der Waals surface area contributed by atoms with Crippen LogP contribution in [0.15, 0.2) is 0 Å². The number of rotatable bonds is 6. The van der Waals surface area contributed by atoms with E-state index < -0.39 is 27.9 Å². The Morgan fingerprint density at radius 1 is 1.08 bits per heavy atom. The zero-order chi connectivity index (χ0) is 9.56. The zero-order valence-corrected chi connectivity index (χ0v) is 13.0. The van der Waals surface area contributed by atoms with Gasteiger partial charge in [0, 0.05) is 0 Å². The van der Waals surface area contributed by atoms with E-state index in [4.69, 9.17) is 17.1 Å². The van der Waals surface area contributed by atoms with Crippen molar-refractivity contribution in [3.05, 3.63) is 0 Å². The normalized spacial score (nSPS) is 19.8. The number of hydrogen-bond acceptors (Lipinski definition) is 4. The predicted octanol–water partition coefficient (Wildman–Crippen LogP) is -1.29. The predicted molar refractivity (Wildman–Crippen MR) is 58.9 cm³/mol. The summed E-state index contributed by atoms with van der Waals surface area (Å²) in [6.45, 7) is 7.76. The molecule has 1 N–H and O–H groups in total. The molecular weight excluding hydrogens is 224 g/mol. The summed E-state index contributed by atoms with van der Waals surface area (Å²) >= 11 is 0. The summed E-state index contributed by atoms with van der Waals surface area (Å²) in [5, 5.41) is 0. The van der Waals surface area contributed by atoms with Gasteiger partial charge in [-0.25, -0.2) is 0 Å². The van der Waals surface area contributed by atoms with Crippen LogP contribution >= 0.6 is 0 Å². The van der Waals surface area contributed by atoms with Gasteiger partial charge in [-0.3, -0.25) is 0 Å². The Morgan fingerprint density at radius 2 is 1.67 bits per heavy atom. The summed E-state index contributed by atoms with van der Waals surface area (Å²) in [6, 6.07) is 0. The van der Waals surface area contributed by atoms with Gasteiger partial charge in [0.1, 0.15) is 9.76 Å². The van der Waals surface area contributed by atoms with Crippen molar-refractivity contribution in [2.24, 2.45) is 0 Å². The monoisotopic (exact) mass is 242 g/mol. The molecule has 12 heavy (non-hydrogen) atoms. The second kappa shape index (κ2) is 7.14. The average molecular weight is 243 g/mol. The molecule has 0 fully saturated rings. The lowest BCUT2D eigenvalue weighted by Gasteiger charge is -2.18. The molecule has 0 aromatic rings. The Labute approximate surface area is 81.3 Å². The highest BCUT2D eigenvalue weighted by Crippen LogP contribution is 1.95. The van der Waals surface area contributed by atoms with Crippen molar-refractivity contribution >= 4 is 37.6 Å². The molecule has 0 rings (SSSR count). The van der Waals surface area contributed by atoms with E-state index in [-0.39, 0.29) is 9.76 Å². The average Bonchev–Trinajstić information content (AvgIpc) is 1.84. The molecule has 0 spiro atoms. The van der Waals surface area contributed by atoms with Gasteiger partial charge in [-0.15, -0.1) is 0 Å². The van der Waals surface area contributed by atoms with E-state index in [2.05, 4.69) is 6.55 Å². The zero-order valence-electron chi connectivity index (χ0n) is 8.11. The van der Waals surface area contributed by atoms with Crippen LogP contribution in [0.5, 0.6) is 0 Å². The molecule has 0 radical (unpaired) electrons. The minimum Gasteiger partial charge on any atom is -0.444 e. The van der Waals surface area contributed by atoms with Crippen LogP contribution in [0.4, 0.5) is 0 Å². The van der Waals surface area contributed by atoms with Crippen molar-refractivity contribution in [1.29, 1.82) is 0 Å². The molecule has 3 unspecified atom stereocenters. The Bertz CT molecular complexity index is 113. The van der Waals surface area contributed by atoms with Gasteiger partial charge in [-0.2, -0.15) is 0 Å². The molecule has 0 aromatic carbocycles. The molecule has 3 atom stereocenters. The van der Waals surface area contributed by atoms with Crippen LogP contribution in [-0.4, -0.2) is 42.4 Å². The molecule has 0 aromatic heterocycles. The highest BCUT2D eigenvalue weighted by atomic mass is 28.4. The van der Waals surface area contributed by atoms with E-state index in [0.717, 1.165) is 0 Å². The Kier molecular flexibility index (Phi) is 7.56. The third kappa shape index (κ3) is 7.36. The lowest BCUT2D eigenvalue weighted by molar-refractivity contribution is 0.351. The fourth-order valence-electron chi connectivity index (χ4n) is 0.853. The maximum Gasteiger partial charge on any atom is 0.306 e. The molecule has 0 saturated heterocycles. The largest absolute Gasteiger partial charge is 0.444 e. The van der Waals surface area contributed by atoms with Crippen LogP contribution in [0.3, 0.4) is 0 Å². The third-order valence-electron chi connectivity index (χ3n) is 1.17. The molecule has 0 aliphatic rings. The summed E-state index contributed by atoms with van der Waals surface area (Å²) in [4.78, 5) is 9.02. The van der Waals surface area contributed by atoms with Crippen molar-refractivity contribution in [3.63, 3.8) is 0 Å². The van der Waals surface area contributed by atoms with Crippen molar-refractivity contribution in [1.82, 2.24) is 0 Å². The molecular formula is C4H18O4Si4. The molecule has 4 nitrogen and oxygen atoms in total. The Balaban J connectivity index is 3.46. The fourth-order valence-corrected chi connectivity index (χ4v) is 8.96. The topological polar surface area (TPSA) is 47.9 Å². The molecule has 0 bridgehead atoms. The second-order valence-electron chi connectivity index (χ2n) is 2.46. The summed E-state index contributed by atoms with van der Waals surface area (Å²) in [6.07, 6.45) is 0. The first-order chi connectivity index (χ1) is 5.56. The minimum absolute atomic E-state index is 0.351. The van der Waals surface area contributed by atoms with Gasteiger partial charge in [0.15, 0.2) is 0 Å². The van der Waals surface area contributed by atoms with Gasteiger partial charge in [-0.05, 0) is 19.6 Å². The molecule has 8 heteroatoms. The SMILES string of the molecule is C[SiH2]O[SiH](C)O[SiH](C)O[SiH](C)O. The van der Waals surface area contributed by atoms with E-state index in [1.165, 1.54) is 0 Å². The summed E-state index contributed by atoms with van der Waals surface area (Å²) in [7, 11) is -5.23. The molecule has 0 saturated carbocycles. The van der Waals surface area contributed by atoms with Crippen LogP contribution in [0.2, 0.25) is 26.2 Å². The highest BCUT2D eigenvalue weighted by molar-refractivity contribution is 6.65. The first-order valence-electron chi connectivity index (χ1n) is 4.16.